The standard InChI is InChI=1S/C17H24N2O6S/c1-11-3-5-12(6-4-11)19-16(20)10-25-17(21)14-9-13(26(18,22)23)7-8-15(14)24-2/h7-9,11-12H,3-6,10H2,1-2H3,(H,19,20)(H2,18,22,23). The van der Waals surface area contributed by atoms with Crippen LogP contribution < -0.4 is 15.2 Å². The molecular formula is C17H24N2O6S. The van der Waals surface area contributed by atoms with Crippen molar-refractivity contribution < 1.29 is 27.5 Å². The molecule has 0 atom stereocenters. The number of methoxy groups -OCH3 is 1. The Morgan fingerprint density at radius 1 is 1.23 bits per heavy atom. The van der Waals surface area contributed by atoms with E-state index in [9.17, 15) is 18.0 Å². The van der Waals surface area contributed by atoms with Crippen molar-refractivity contribution in [3.8, 4) is 5.75 Å². The fraction of sp³-hybridized carbons (Fsp3) is 0.529. The van der Waals surface area contributed by atoms with Crippen LogP contribution in [0.25, 0.3) is 0 Å². The first kappa shape index (κ1) is 20.2. The van der Waals surface area contributed by atoms with E-state index in [2.05, 4.69) is 12.2 Å². The molecule has 26 heavy (non-hydrogen) atoms. The van der Waals surface area contributed by atoms with Crippen LogP contribution in [-0.4, -0.2) is 40.1 Å². The number of esters is 1. The third kappa shape index (κ3) is 5.43. The molecule has 8 nitrogen and oxygen atoms in total. The lowest BCUT2D eigenvalue weighted by atomic mass is 9.87. The molecule has 2 rings (SSSR count). The lowest BCUT2D eigenvalue weighted by molar-refractivity contribution is -0.125. The summed E-state index contributed by atoms with van der Waals surface area (Å²) in [4.78, 5) is 24.0. The maximum Gasteiger partial charge on any atom is 0.342 e. The summed E-state index contributed by atoms with van der Waals surface area (Å²) in [6, 6.07) is 3.69. The zero-order valence-electron chi connectivity index (χ0n) is 14.9. The maximum atomic E-state index is 12.2. The average molecular weight is 384 g/mol. The third-order valence-corrected chi connectivity index (χ3v) is 5.35. The van der Waals surface area contributed by atoms with Gasteiger partial charge in [0.15, 0.2) is 6.61 Å². The number of hydrogen-bond acceptors (Lipinski definition) is 6. The quantitative estimate of drug-likeness (QED) is 0.710. The van der Waals surface area contributed by atoms with Crippen LogP contribution in [0.5, 0.6) is 5.75 Å². The van der Waals surface area contributed by atoms with E-state index in [-0.39, 0.29) is 28.2 Å². The Labute approximate surface area is 153 Å². The summed E-state index contributed by atoms with van der Waals surface area (Å²) in [5.41, 5.74) is -0.113. The van der Waals surface area contributed by atoms with Crippen molar-refractivity contribution in [2.45, 2.75) is 43.5 Å². The zero-order chi connectivity index (χ0) is 19.3. The Hall–Kier alpha value is -2.13. The Morgan fingerprint density at radius 3 is 2.46 bits per heavy atom. The van der Waals surface area contributed by atoms with E-state index in [0.717, 1.165) is 31.7 Å². The van der Waals surface area contributed by atoms with Crippen LogP contribution >= 0.6 is 0 Å². The average Bonchev–Trinajstić information content (AvgIpc) is 2.60. The van der Waals surface area contributed by atoms with Gasteiger partial charge in [0.05, 0.1) is 12.0 Å². The first-order valence-electron chi connectivity index (χ1n) is 8.38. The van der Waals surface area contributed by atoms with Crippen molar-refractivity contribution in [2.24, 2.45) is 11.1 Å². The monoisotopic (exact) mass is 384 g/mol. The second-order valence-corrected chi connectivity index (χ2v) is 8.07. The minimum absolute atomic E-state index is 0.0950. The lowest BCUT2D eigenvalue weighted by Gasteiger charge is -2.26. The molecule has 0 unspecified atom stereocenters. The summed E-state index contributed by atoms with van der Waals surface area (Å²) in [6.07, 6.45) is 3.93. The highest BCUT2D eigenvalue weighted by atomic mass is 32.2. The van der Waals surface area contributed by atoms with Crippen molar-refractivity contribution in [3.05, 3.63) is 23.8 Å². The summed E-state index contributed by atoms with van der Waals surface area (Å²) in [5, 5.41) is 7.92. The zero-order valence-corrected chi connectivity index (χ0v) is 15.7. The summed E-state index contributed by atoms with van der Waals surface area (Å²) < 4.78 is 32.9. The molecule has 0 spiro atoms. The van der Waals surface area contributed by atoms with Crippen LogP contribution in [0.2, 0.25) is 0 Å². The van der Waals surface area contributed by atoms with Gasteiger partial charge in [-0.15, -0.1) is 0 Å². The molecular weight excluding hydrogens is 360 g/mol. The summed E-state index contributed by atoms with van der Waals surface area (Å²) in [6.45, 7) is 1.73. The van der Waals surface area contributed by atoms with Crippen molar-refractivity contribution in [3.63, 3.8) is 0 Å². The highest BCUT2D eigenvalue weighted by Gasteiger charge is 2.22. The van der Waals surface area contributed by atoms with Gasteiger partial charge in [0.1, 0.15) is 11.3 Å². The molecule has 1 aromatic rings. The molecule has 1 aliphatic carbocycles. The largest absolute Gasteiger partial charge is 0.496 e. The highest BCUT2D eigenvalue weighted by Crippen LogP contribution is 2.24. The number of carbonyl (C=O) groups is 2. The molecule has 144 valence electrons. The van der Waals surface area contributed by atoms with Crippen molar-refractivity contribution in [2.75, 3.05) is 13.7 Å². The number of ether oxygens (including phenoxy) is 2. The predicted molar refractivity (Wildman–Crippen MR) is 94.2 cm³/mol. The summed E-state index contributed by atoms with van der Waals surface area (Å²) in [7, 11) is -2.65. The van der Waals surface area contributed by atoms with E-state index < -0.39 is 22.6 Å². The SMILES string of the molecule is COc1ccc(S(N)(=O)=O)cc1C(=O)OCC(=O)NC1CCC(C)CC1. The number of benzene rings is 1. The first-order chi connectivity index (χ1) is 12.2. The van der Waals surface area contributed by atoms with Crippen molar-refractivity contribution >= 4 is 21.9 Å². The third-order valence-electron chi connectivity index (χ3n) is 4.43. The summed E-state index contributed by atoms with van der Waals surface area (Å²) >= 11 is 0. The topological polar surface area (TPSA) is 125 Å². The van der Waals surface area contributed by atoms with Gasteiger partial charge in [-0.3, -0.25) is 4.79 Å². The lowest BCUT2D eigenvalue weighted by Crippen LogP contribution is -2.39. The van der Waals surface area contributed by atoms with Gasteiger partial charge in [-0.05, 0) is 49.8 Å². The molecule has 1 aromatic carbocycles. The predicted octanol–water partition coefficient (Wildman–Crippen LogP) is 1.19. The van der Waals surface area contributed by atoms with Crippen molar-refractivity contribution in [1.29, 1.82) is 0 Å². The van der Waals surface area contributed by atoms with Gasteiger partial charge >= 0.3 is 5.97 Å². The molecule has 1 fully saturated rings. The minimum Gasteiger partial charge on any atom is -0.496 e. The van der Waals surface area contributed by atoms with Crippen LogP contribution in [0.1, 0.15) is 43.0 Å². The highest BCUT2D eigenvalue weighted by molar-refractivity contribution is 7.89. The minimum atomic E-state index is -3.98. The van der Waals surface area contributed by atoms with Gasteiger partial charge in [0, 0.05) is 6.04 Å². The van der Waals surface area contributed by atoms with Gasteiger partial charge in [0.2, 0.25) is 10.0 Å². The molecule has 1 saturated carbocycles. The number of primary sulfonamides is 1. The van der Waals surface area contributed by atoms with Gasteiger partial charge in [-0.25, -0.2) is 18.4 Å². The molecule has 0 saturated heterocycles. The Morgan fingerprint density at radius 2 is 1.88 bits per heavy atom. The van der Waals surface area contributed by atoms with Crippen LogP contribution in [0.4, 0.5) is 0 Å². The fourth-order valence-corrected chi connectivity index (χ4v) is 3.45. The first-order valence-corrected chi connectivity index (χ1v) is 9.92. The number of rotatable bonds is 6. The molecule has 1 aliphatic rings. The number of carbonyl (C=O) groups excluding carboxylic acids is 2. The van der Waals surface area contributed by atoms with E-state index in [4.69, 9.17) is 14.6 Å². The molecule has 1 amide bonds. The van der Waals surface area contributed by atoms with E-state index in [1.807, 2.05) is 0 Å². The van der Waals surface area contributed by atoms with Gasteiger partial charge in [-0.2, -0.15) is 0 Å². The second-order valence-electron chi connectivity index (χ2n) is 6.51. The molecule has 0 heterocycles. The number of hydrogen-bond donors (Lipinski definition) is 2. The molecule has 0 radical (unpaired) electrons. The Bertz CT molecular complexity index is 769. The number of sulfonamides is 1. The van der Waals surface area contributed by atoms with Crippen molar-refractivity contribution in [1.82, 2.24) is 5.32 Å². The van der Waals surface area contributed by atoms with E-state index in [0.29, 0.717) is 5.92 Å². The van der Waals surface area contributed by atoms with Crippen LogP contribution in [0, 0.1) is 5.92 Å². The van der Waals surface area contributed by atoms with Crippen LogP contribution in [0.15, 0.2) is 23.1 Å². The Kier molecular flexibility index (Phi) is 6.60. The van der Waals surface area contributed by atoms with Gasteiger partial charge in [0.25, 0.3) is 5.91 Å². The Balaban J connectivity index is 1.97. The van der Waals surface area contributed by atoms with E-state index in [1.54, 1.807) is 0 Å². The van der Waals surface area contributed by atoms with Crippen LogP contribution in [0.3, 0.4) is 0 Å². The number of nitrogens with two attached hydrogens (primary N) is 1. The second kappa shape index (κ2) is 8.50. The summed E-state index contributed by atoms with van der Waals surface area (Å²) in [5.74, 6) is -0.456. The fourth-order valence-electron chi connectivity index (χ4n) is 2.91. The molecule has 0 aromatic heterocycles. The van der Waals surface area contributed by atoms with Crippen LogP contribution in [-0.2, 0) is 19.6 Å². The van der Waals surface area contributed by atoms with E-state index >= 15 is 0 Å². The maximum absolute atomic E-state index is 12.2. The molecule has 3 N–H and O–H groups in total. The van der Waals surface area contributed by atoms with E-state index in [1.165, 1.54) is 19.2 Å². The van der Waals surface area contributed by atoms with Gasteiger partial charge in [-0.1, -0.05) is 6.92 Å². The molecule has 0 aliphatic heterocycles. The number of amides is 1. The number of nitrogens with one attached hydrogen (secondary N) is 1. The molecule has 0 bridgehead atoms. The normalized spacial score (nSPS) is 20.3. The van der Waals surface area contributed by atoms with Gasteiger partial charge < -0.3 is 14.8 Å². The molecule has 9 heteroatoms. The smallest absolute Gasteiger partial charge is 0.342 e.